The van der Waals surface area contributed by atoms with Gasteiger partial charge in [-0.3, -0.25) is 4.79 Å². The first-order valence-corrected chi connectivity index (χ1v) is 11.2. The van der Waals surface area contributed by atoms with Crippen molar-refractivity contribution >= 4 is 15.9 Å². The lowest BCUT2D eigenvalue weighted by atomic mass is 10.1. The quantitative estimate of drug-likeness (QED) is 0.561. The number of nitrogens with zero attached hydrogens (tertiary/aromatic N) is 1. The fourth-order valence-corrected chi connectivity index (χ4v) is 4.50. The van der Waals surface area contributed by atoms with Crippen LogP contribution in [0.25, 0.3) is 0 Å². The van der Waals surface area contributed by atoms with Crippen molar-refractivity contribution in [1.82, 2.24) is 9.62 Å². The van der Waals surface area contributed by atoms with E-state index in [0.29, 0.717) is 25.1 Å². The second-order valence-corrected chi connectivity index (χ2v) is 8.42. The zero-order valence-electron chi connectivity index (χ0n) is 17.6. The number of methoxy groups -OCH3 is 1. The number of amides is 1. The minimum atomic E-state index is -3.68. The molecule has 0 spiro atoms. The third-order valence-electron chi connectivity index (χ3n) is 4.58. The fourth-order valence-electron chi connectivity index (χ4n) is 3.00. The van der Waals surface area contributed by atoms with E-state index < -0.39 is 22.5 Å². The molecule has 7 nitrogen and oxygen atoms in total. The van der Waals surface area contributed by atoms with Gasteiger partial charge in [0, 0.05) is 25.2 Å². The van der Waals surface area contributed by atoms with E-state index in [4.69, 9.17) is 4.74 Å². The Bertz CT molecular complexity index is 995. The molecular weight excluding hydrogens is 430 g/mol. The molecule has 0 aromatic heterocycles. The standard InChI is InChI=1S/C21H26F2N2O5S/c1-4-25(5-2)31(27,28)17-8-6-7-16(14-17)20(26)24-12-11-15-9-10-18(29-3)19(13-15)30-21(22)23/h6-10,13-14,21H,4-5,11-12H2,1-3H3,(H,24,26). The second kappa shape index (κ2) is 11.1. The van der Waals surface area contributed by atoms with Crippen LogP contribution in [0.5, 0.6) is 11.5 Å². The van der Waals surface area contributed by atoms with Gasteiger partial charge in [-0.05, 0) is 42.3 Å². The SMILES string of the molecule is CCN(CC)S(=O)(=O)c1cccc(C(=O)NCCc2ccc(OC)c(OC(F)F)c2)c1. The second-order valence-electron chi connectivity index (χ2n) is 6.49. The van der Waals surface area contributed by atoms with Crippen LogP contribution in [0.15, 0.2) is 47.4 Å². The molecule has 0 unspecified atom stereocenters. The van der Waals surface area contributed by atoms with Gasteiger partial charge in [0.05, 0.1) is 12.0 Å². The summed E-state index contributed by atoms with van der Waals surface area (Å²) in [7, 11) is -2.33. The molecule has 0 aliphatic rings. The summed E-state index contributed by atoms with van der Waals surface area (Å²) >= 11 is 0. The zero-order valence-corrected chi connectivity index (χ0v) is 18.4. The number of sulfonamides is 1. The number of benzene rings is 2. The van der Waals surface area contributed by atoms with Gasteiger partial charge in [-0.1, -0.05) is 26.0 Å². The third kappa shape index (κ3) is 6.38. The molecule has 0 bridgehead atoms. The van der Waals surface area contributed by atoms with Crippen LogP contribution in [0.1, 0.15) is 29.8 Å². The summed E-state index contributed by atoms with van der Waals surface area (Å²) in [5.74, 6) is -0.343. The van der Waals surface area contributed by atoms with Gasteiger partial charge >= 0.3 is 6.61 Å². The van der Waals surface area contributed by atoms with Crippen molar-refractivity contribution in [3.05, 3.63) is 53.6 Å². The topological polar surface area (TPSA) is 84.9 Å². The average molecular weight is 457 g/mol. The summed E-state index contributed by atoms with van der Waals surface area (Å²) in [5, 5.41) is 2.70. The Morgan fingerprint density at radius 2 is 1.81 bits per heavy atom. The third-order valence-corrected chi connectivity index (χ3v) is 6.63. The van der Waals surface area contributed by atoms with Crippen LogP contribution in [0.4, 0.5) is 8.78 Å². The summed E-state index contributed by atoms with van der Waals surface area (Å²) < 4.78 is 61.1. The molecule has 2 rings (SSSR count). The first-order valence-electron chi connectivity index (χ1n) is 9.73. The van der Waals surface area contributed by atoms with Crippen LogP contribution >= 0.6 is 0 Å². The maximum absolute atomic E-state index is 12.6. The first-order chi connectivity index (χ1) is 14.7. The van der Waals surface area contributed by atoms with E-state index in [2.05, 4.69) is 10.1 Å². The van der Waals surface area contributed by atoms with Crippen molar-refractivity contribution in [3.63, 3.8) is 0 Å². The van der Waals surface area contributed by atoms with Gasteiger partial charge in [0.2, 0.25) is 10.0 Å². The molecule has 1 N–H and O–H groups in total. The molecular formula is C21H26F2N2O5S. The number of halogens is 2. The molecule has 0 aliphatic carbocycles. The molecule has 0 heterocycles. The van der Waals surface area contributed by atoms with E-state index in [0.717, 1.165) is 0 Å². The smallest absolute Gasteiger partial charge is 0.387 e. The maximum atomic E-state index is 12.6. The molecule has 31 heavy (non-hydrogen) atoms. The highest BCUT2D eigenvalue weighted by Gasteiger charge is 2.22. The number of carbonyl (C=O) groups excluding carboxylic acids is 1. The highest BCUT2D eigenvalue weighted by atomic mass is 32.2. The Hall–Kier alpha value is -2.72. The fraction of sp³-hybridized carbons (Fsp3) is 0.381. The number of alkyl halides is 2. The molecule has 0 saturated carbocycles. The van der Waals surface area contributed by atoms with Crippen molar-refractivity contribution in [2.45, 2.75) is 31.8 Å². The monoisotopic (exact) mass is 456 g/mol. The summed E-state index contributed by atoms with van der Waals surface area (Å²) in [6.07, 6.45) is 0.354. The van der Waals surface area contributed by atoms with E-state index in [1.165, 1.54) is 47.8 Å². The van der Waals surface area contributed by atoms with Crippen LogP contribution in [0.3, 0.4) is 0 Å². The molecule has 0 radical (unpaired) electrons. The summed E-state index contributed by atoms with van der Waals surface area (Å²) in [6, 6.07) is 10.4. The summed E-state index contributed by atoms with van der Waals surface area (Å²) in [4.78, 5) is 12.5. The predicted octanol–water partition coefficient (Wildman–Crippen LogP) is 3.30. The van der Waals surface area contributed by atoms with Gasteiger partial charge in [0.25, 0.3) is 5.91 Å². The Morgan fingerprint density at radius 1 is 1.10 bits per heavy atom. The van der Waals surface area contributed by atoms with Gasteiger partial charge in [0.15, 0.2) is 11.5 Å². The molecule has 170 valence electrons. The van der Waals surface area contributed by atoms with Gasteiger partial charge in [-0.2, -0.15) is 13.1 Å². The minimum absolute atomic E-state index is 0.0489. The largest absolute Gasteiger partial charge is 0.493 e. The zero-order chi connectivity index (χ0) is 23.0. The molecule has 1 amide bonds. The van der Waals surface area contributed by atoms with Crippen molar-refractivity contribution in [2.75, 3.05) is 26.7 Å². The average Bonchev–Trinajstić information content (AvgIpc) is 2.74. The van der Waals surface area contributed by atoms with Crippen molar-refractivity contribution in [2.24, 2.45) is 0 Å². The normalized spacial score (nSPS) is 11.6. The maximum Gasteiger partial charge on any atom is 0.387 e. The first kappa shape index (κ1) is 24.5. The Balaban J connectivity index is 2.06. The van der Waals surface area contributed by atoms with Gasteiger partial charge in [0.1, 0.15) is 0 Å². The lowest BCUT2D eigenvalue weighted by Crippen LogP contribution is -2.31. The van der Waals surface area contributed by atoms with Crippen molar-refractivity contribution < 1.29 is 31.5 Å². The van der Waals surface area contributed by atoms with Crippen LogP contribution in [-0.4, -0.2) is 52.0 Å². The lowest BCUT2D eigenvalue weighted by molar-refractivity contribution is -0.0512. The van der Waals surface area contributed by atoms with E-state index in [-0.39, 0.29) is 28.5 Å². The summed E-state index contributed by atoms with van der Waals surface area (Å²) in [6.45, 7) is 1.38. The van der Waals surface area contributed by atoms with Crippen LogP contribution in [0, 0.1) is 0 Å². The number of carbonyl (C=O) groups is 1. The minimum Gasteiger partial charge on any atom is -0.493 e. The summed E-state index contributed by atoms with van der Waals surface area (Å²) in [5.41, 5.74) is 0.874. The molecule has 0 saturated heterocycles. The molecule has 0 atom stereocenters. The Morgan fingerprint density at radius 3 is 2.42 bits per heavy atom. The highest BCUT2D eigenvalue weighted by Crippen LogP contribution is 2.29. The molecule has 0 fully saturated rings. The van der Waals surface area contributed by atoms with Gasteiger partial charge in [-0.25, -0.2) is 8.42 Å². The number of ether oxygens (including phenoxy) is 2. The molecule has 0 aliphatic heterocycles. The Kier molecular flexibility index (Phi) is 8.76. The molecule has 10 heteroatoms. The van der Waals surface area contributed by atoms with Crippen molar-refractivity contribution in [3.8, 4) is 11.5 Å². The van der Waals surface area contributed by atoms with E-state index in [9.17, 15) is 22.0 Å². The number of hydrogen-bond acceptors (Lipinski definition) is 5. The van der Waals surface area contributed by atoms with Crippen LogP contribution in [0.2, 0.25) is 0 Å². The lowest BCUT2D eigenvalue weighted by Gasteiger charge is -2.18. The number of nitrogens with one attached hydrogen (secondary N) is 1. The Labute approximate surface area is 181 Å². The number of rotatable bonds is 11. The highest BCUT2D eigenvalue weighted by molar-refractivity contribution is 7.89. The van der Waals surface area contributed by atoms with E-state index >= 15 is 0 Å². The van der Waals surface area contributed by atoms with Gasteiger partial charge in [-0.15, -0.1) is 0 Å². The predicted molar refractivity (Wildman–Crippen MR) is 112 cm³/mol. The van der Waals surface area contributed by atoms with Gasteiger partial charge < -0.3 is 14.8 Å². The van der Waals surface area contributed by atoms with E-state index in [1.54, 1.807) is 19.9 Å². The number of hydrogen-bond donors (Lipinski definition) is 1. The molecule has 2 aromatic carbocycles. The van der Waals surface area contributed by atoms with E-state index in [1.807, 2.05) is 0 Å². The van der Waals surface area contributed by atoms with Crippen LogP contribution in [-0.2, 0) is 16.4 Å². The molecule has 2 aromatic rings. The van der Waals surface area contributed by atoms with Crippen LogP contribution < -0.4 is 14.8 Å². The van der Waals surface area contributed by atoms with Crippen molar-refractivity contribution in [1.29, 1.82) is 0 Å².